The van der Waals surface area contributed by atoms with Gasteiger partial charge in [-0.25, -0.2) is 4.98 Å². The molecular weight excluding hydrogens is 256 g/mol. The van der Waals surface area contributed by atoms with E-state index in [9.17, 15) is 9.59 Å². The average molecular weight is 272 g/mol. The molecule has 1 heterocycles. The van der Waals surface area contributed by atoms with Gasteiger partial charge in [0.2, 0.25) is 5.91 Å². The highest BCUT2D eigenvalue weighted by Gasteiger charge is 2.11. The molecule has 0 saturated carbocycles. The predicted molar refractivity (Wildman–Crippen MR) is 77.2 cm³/mol. The van der Waals surface area contributed by atoms with E-state index in [2.05, 4.69) is 15.6 Å². The Bertz CT molecular complexity index is 655. The molecule has 104 valence electrons. The minimum Gasteiger partial charge on any atom is -0.398 e. The molecule has 0 aliphatic rings. The van der Waals surface area contributed by atoms with Crippen LogP contribution in [0.25, 0.3) is 10.9 Å². The summed E-state index contributed by atoms with van der Waals surface area (Å²) in [5.41, 5.74) is 7.23. The van der Waals surface area contributed by atoms with Crippen LogP contribution in [0.5, 0.6) is 0 Å². The molecule has 0 spiro atoms. The summed E-state index contributed by atoms with van der Waals surface area (Å²) in [6.07, 6.45) is 0. The van der Waals surface area contributed by atoms with Gasteiger partial charge in [0.05, 0.1) is 12.1 Å². The van der Waals surface area contributed by atoms with E-state index in [0.29, 0.717) is 17.7 Å². The van der Waals surface area contributed by atoms with Crippen LogP contribution in [0.3, 0.4) is 0 Å². The highest BCUT2D eigenvalue weighted by molar-refractivity contribution is 6.00. The van der Waals surface area contributed by atoms with Crippen molar-refractivity contribution >= 4 is 28.4 Å². The minimum absolute atomic E-state index is 0.0823. The van der Waals surface area contributed by atoms with E-state index in [4.69, 9.17) is 5.73 Å². The number of nitrogens with zero attached hydrogens (tertiary/aromatic N) is 1. The smallest absolute Gasteiger partial charge is 0.270 e. The zero-order chi connectivity index (χ0) is 14.5. The number of hydrogen-bond donors (Lipinski definition) is 3. The molecule has 6 heteroatoms. The number of benzene rings is 1. The van der Waals surface area contributed by atoms with Crippen LogP contribution in [0.2, 0.25) is 0 Å². The van der Waals surface area contributed by atoms with E-state index in [0.717, 1.165) is 5.39 Å². The number of anilines is 1. The normalized spacial score (nSPS) is 10.2. The van der Waals surface area contributed by atoms with Crippen molar-refractivity contribution in [3.63, 3.8) is 0 Å². The highest BCUT2D eigenvalue weighted by atomic mass is 16.2. The van der Waals surface area contributed by atoms with Gasteiger partial charge in [-0.1, -0.05) is 18.2 Å². The Hall–Kier alpha value is -2.63. The average Bonchev–Trinajstić information content (AvgIpc) is 2.45. The molecule has 0 unspecified atom stereocenters. The second-order valence-electron chi connectivity index (χ2n) is 4.25. The first-order valence-corrected chi connectivity index (χ1v) is 6.32. The van der Waals surface area contributed by atoms with Crippen LogP contribution in [0.4, 0.5) is 5.69 Å². The first kappa shape index (κ1) is 13.8. The zero-order valence-corrected chi connectivity index (χ0v) is 11.1. The topological polar surface area (TPSA) is 97.1 Å². The van der Waals surface area contributed by atoms with Gasteiger partial charge in [0, 0.05) is 17.6 Å². The Balaban J connectivity index is 2.16. The maximum absolute atomic E-state index is 11.9. The summed E-state index contributed by atoms with van der Waals surface area (Å²) in [6.45, 7) is 2.25. The number of amides is 2. The van der Waals surface area contributed by atoms with Crippen LogP contribution in [-0.4, -0.2) is 29.9 Å². The van der Waals surface area contributed by atoms with Gasteiger partial charge in [-0.15, -0.1) is 0 Å². The van der Waals surface area contributed by atoms with Gasteiger partial charge in [0.25, 0.3) is 5.91 Å². The Morgan fingerprint density at radius 3 is 2.75 bits per heavy atom. The molecule has 0 aliphatic heterocycles. The van der Waals surface area contributed by atoms with Crippen LogP contribution < -0.4 is 16.4 Å². The lowest BCUT2D eigenvalue weighted by molar-refractivity contribution is -0.120. The van der Waals surface area contributed by atoms with Gasteiger partial charge in [-0.2, -0.15) is 0 Å². The quantitative estimate of drug-likeness (QED) is 0.762. The summed E-state index contributed by atoms with van der Waals surface area (Å²) >= 11 is 0. The minimum atomic E-state index is -0.422. The summed E-state index contributed by atoms with van der Waals surface area (Å²) in [4.78, 5) is 27.5. The predicted octanol–water partition coefficient (Wildman–Crippen LogP) is 0.683. The lowest BCUT2D eigenvalue weighted by Gasteiger charge is -2.07. The van der Waals surface area contributed by atoms with E-state index in [1.165, 1.54) is 6.07 Å². The standard InChI is InChI=1S/C14H16N4O2/c1-2-16-13(19)8-17-14(20)12-7-10(15)9-5-3-4-6-11(9)18-12/h3-7H,2,8H2,1H3,(H2,15,18)(H,16,19)(H,17,20). The number of pyridine rings is 1. The molecule has 0 fully saturated rings. The third kappa shape index (κ3) is 3.03. The second-order valence-corrected chi connectivity index (χ2v) is 4.25. The summed E-state index contributed by atoms with van der Waals surface area (Å²) < 4.78 is 0. The molecule has 0 saturated heterocycles. The summed E-state index contributed by atoms with van der Waals surface area (Å²) in [5, 5.41) is 5.90. The summed E-state index contributed by atoms with van der Waals surface area (Å²) in [5.74, 6) is -0.664. The van der Waals surface area contributed by atoms with Crippen molar-refractivity contribution in [3.8, 4) is 0 Å². The number of carbonyl (C=O) groups excluding carboxylic acids is 2. The molecule has 1 aromatic heterocycles. The largest absolute Gasteiger partial charge is 0.398 e. The van der Waals surface area contributed by atoms with Crippen molar-refractivity contribution in [3.05, 3.63) is 36.0 Å². The maximum atomic E-state index is 11.9. The monoisotopic (exact) mass is 272 g/mol. The number of rotatable bonds is 4. The van der Waals surface area contributed by atoms with Crippen LogP contribution in [0.15, 0.2) is 30.3 Å². The summed E-state index contributed by atoms with van der Waals surface area (Å²) in [7, 11) is 0. The van der Waals surface area contributed by atoms with Crippen LogP contribution in [0, 0.1) is 0 Å². The Morgan fingerprint density at radius 1 is 1.25 bits per heavy atom. The lowest BCUT2D eigenvalue weighted by atomic mass is 10.1. The van der Waals surface area contributed by atoms with E-state index < -0.39 is 5.91 Å². The molecule has 2 rings (SSSR count). The Kier molecular flexibility index (Phi) is 4.14. The molecule has 0 aliphatic carbocycles. The van der Waals surface area contributed by atoms with Gasteiger partial charge in [0.15, 0.2) is 0 Å². The first-order valence-electron chi connectivity index (χ1n) is 6.32. The molecule has 6 nitrogen and oxygen atoms in total. The first-order chi connectivity index (χ1) is 9.61. The third-order valence-corrected chi connectivity index (χ3v) is 2.76. The second kappa shape index (κ2) is 6.01. The van der Waals surface area contributed by atoms with E-state index in [-0.39, 0.29) is 18.1 Å². The van der Waals surface area contributed by atoms with E-state index in [1.54, 1.807) is 6.07 Å². The highest BCUT2D eigenvalue weighted by Crippen LogP contribution is 2.19. The molecule has 20 heavy (non-hydrogen) atoms. The number of likely N-dealkylation sites (N-methyl/N-ethyl adjacent to an activating group) is 1. The maximum Gasteiger partial charge on any atom is 0.270 e. The number of nitrogens with two attached hydrogens (primary N) is 1. The molecular formula is C14H16N4O2. The number of para-hydroxylation sites is 1. The van der Waals surface area contributed by atoms with Crippen LogP contribution in [0.1, 0.15) is 17.4 Å². The number of hydrogen-bond acceptors (Lipinski definition) is 4. The molecule has 1 aromatic carbocycles. The fourth-order valence-corrected chi connectivity index (χ4v) is 1.83. The number of aromatic nitrogens is 1. The fraction of sp³-hybridized carbons (Fsp3) is 0.214. The van der Waals surface area contributed by atoms with E-state index >= 15 is 0 Å². The van der Waals surface area contributed by atoms with Crippen molar-refractivity contribution in [2.45, 2.75) is 6.92 Å². The molecule has 0 radical (unpaired) electrons. The zero-order valence-electron chi connectivity index (χ0n) is 11.1. The van der Waals surface area contributed by atoms with Crippen LogP contribution >= 0.6 is 0 Å². The summed E-state index contributed by atoms with van der Waals surface area (Å²) in [6, 6.07) is 8.82. The number of fused-ring (bicyclic) bond motifs is 1. The molecule has 4 N–H and O–H groups in total. The third-order valence-electron chi connectivity index (χ3n) is 2.76. The molecule has 0 atom stereocenters. The van der Waals surface area contributed by atoms with Crippen LogP contribution in [-0.2, 0) is 4.79 Å². The van der Waals surface area contributed by atoms with E-state index in [1.807, 2.05) is 25.1 Å². The Morgan fingerprint density at radius 2 is 2.00 bits per heavy atom. The van der Waals surface area contributed by atoms with Crippen molar-refractivity contribution in [1.82, 2.24) is 15.6 Å². The van der Waals surface area contributed by atoms with Gasteiger partial charge in [-0.3, -0.25) is 9.59 Å². The lowest BCUT2D eigenvalue weighted by Crippen LogP contribution is -2.37. The van der Waals surface area contributed by atoms with Crippen molar-refractivity contribution in [2.24, 2.45) is 0 Å². The number of nitrogens with one attached hydrogen (secondary N) is 2. The van der Waals surface area contributed by atoms with Gasteiger partial charge < -0.3 is 16.4 Å². The molecule has 2 aromatic rings. The Labute approximate surface area is 116 Å². The van der Waals surface area contributed by atoms with Gasteiger partial charge >= 0.3 is 0 Å². The van der Waals surface area contributed by atoms with Gasteiger partial charge in [0.1, 0.15) is 5.69 Å². The number of nitrogen functional groups attached to an aromatic ring is 1. The molecule has 2 amide bonds. The fourth-order valence-electron chi connectivity index (χ4n) is 1.83. The SMILES string of the molecule is CCNC(=O)CNC(=O)c1cc(N)c2ccccc2n1. The molecule has 0 bridgehead atoms. The van der Waals surface area contributed by atoms with Crippen molar-refractivity contribution in [2.75, 3.05) is 18.8 Å². The number of carbonyl (C=O) groups is 2. The van der Waals surface area contributed by atoms with Crippen molar-refractivity contribution in [1.29, 1.82) is 0 Å². The van der Waals surface area contributed by atoms with Gasteiger partial charge in [-0.05, 0) is 19.1 Å². The van der Waals surface area contributed by atoms with Crippen molar-refractivity contribution < 1.29 is 9.59 Å².